The molecular weight excluding hydrogens is 318 g/mol. The molecule has 0 bridgehead atoms. The summed E-state index contributed by atoms with van der Waals surface area (Å²) in [5, 5.41) is 12.5. The topological polar surface area (TPSA) is 69.6 Å². The SMILES string of the molecule is Nc1cccc(-c2nnn(Cc3ccccc3Br)n2)c1. The van der Waals surface area contributed by atoms with Crippen LogP contribution < -0.4 is 5.73 Å². The maximum atomic E-state index is 5.76. The van der Waals surface area contributed by atoms with Crippen LogP contribution in [0.4, 0.5) is 5.69 Å². The number of aromatic nitrogens is 4. The first kappa shape index (κ1) is 12.8. The Labute approximate surface area is 124 Å². The molecule has 0 aliphatic carbocycles. The summed E-state index contributed by atoms with van der Waals surface area (Å²) < 4.78 is 1.03. The predicted molar refractivity (Wildman–Crippen MR) is 80.9 cm³/mol. The maximum Gasteiger partial charge on any atom is 0.205 e. The van der Waals surface area contributed by atoms with Gasteiger partial charge < -0.3 is 5.73 Å². The van der Waals surface area contributed by atoms with Gasteiger partial charge in [0, 0.05) is 15.7 Å². The van der Waals surface area contributed by atoms with Crippen molar-refractivity contribution in [2.75, 3.05) is 5.73 Å². The number of nitrogen functional groups attached to an aromatic ring is 1. The Bertz CT molecular complexity index is 738. The van der Waals surface area contributed by atoms with E-state index in [2.05, 4.69) is 31.3 Å². The summed E-state index contributed by atoms with van der Waals surface area (Å²) in [6, 6.07) is 15.4. The number of nitrogens with zero attached hydrogens (tertiary/aromatic N) is 4. The second kappa shape index (κ2) is 5.42. The number of benzene rings is 2. The molecule has 0 aliphatic heterocycles. The number of rotatable bonds is 3. The molecular formula is C14H12BrN5. The van der Waals surface area contributed by atoms with E-state index in [-0.39, 0.29) is 0 Å². The van der Waals surface area contributed by atoms with Crippen LogP contribution in [0.5, 0.6) is 0 Å². The minimum absolute atomic E-state index is 0.566. The Balaban J connectivity index is 1.86. The number of halogens is 1. The van der Waals surface area contributed by atoms with Gasteiger partial charge in [0.1, 0.15) is 0 Å². The van der Waals surface area contributed by atoms with Crippen LogP contribution >= 0.6 is 15.9 Å². The molecule has 1 aromatic heterocycles. The first-order valence-electron chi connectivity index (χ1n) is 6.09. The highest BCUT2D eigenvalue weighted by atomic mass is 79.9. The van der Waals surface area contributed by atoms with Crippen LogP contribution in [0.15, 0.2) is 53.0 Å². The number of tetrazole rings is 1. The molecule has 0 spiro atoms. The second-order valence-electron chi connectivity index (χ2n) is 4.36. The highest BCUT2D eigenvalue weighted by Gasteiger charge is 2.07. The minimum atomic E-state index is 0.566. The first-order valence-corrected chi connectivity index (χ1v) is 6.89. The van der Waals surface area contributed by atoms with Gasteiger partial charge in [-0.15, -0.1) is 10.2 Å². The number of anilines is 1. The van der Waals surface area contributed by atoms with Crippen molar-refractivity contribution in [1.82, 2.24) is 20.2 Å². The number of nitrogens with two attached hydrogens (primary N) is 1. The van der Waals surface area contributed by atoms with Crippen LogP contribution in [0.25, 0.3) is 11.4 Å². The fraction of sp³-hybridized carbons (Fsp3) is 0.0714. The van der Waals surface area contributed by atoms with Crippen LogP contribution in [0, 0.1) is 0 Å². The zero-order valence-corrected chi connectivity index (χ0v) is 12.2. The second-order valence-corrected chi connectivity index (χ2v) is 5.21. The molecule has 0 atom stereocenters. The van der Waals surface area contributed by atoms with Gasteiger partial charge >= 0.3 is 0 Å². The summed E-state index contributed by atoms with van der Waals surface area (Å²) in [5.41, 5.74) is 8.41. The molecule has 0 radical (unpaired) electrons. The molecule has 0 aliphatic rings. The highest BCUT2D eigenvalue weighted by Crippen LogP contribution is 2.18. The van der Waals surface area contributed by atoms with E-state index < -0.39 is 0 Å². The van der Waals surface area contributed by atoms with E-state index in [1.165, 1.54) is 0 Å². The van der Waals surface area contributed by atoms with Crippen molar-refractivity contribution in [3.63, 3.8) is 0 Å². The van der Waals surface area contributed by atoms with E-state index in [1.807, 2.05) is 48.5 Å². The van der Waals surface area contributed by atoms with E-state index >= 15 is 0 Å². The van der Waals surface area contributed by atoms with E-state index in [9.17, 15) is 0 Å². The Morgan fingerprint density at radius 1 is 1.10 bits per heavy atom. The monoisotopic (exact) mass is 329 g/mol. The predicted octanol–water partition coefficient (Wildman–Crippen LogP) is 2.73. The number of hydrogen-bond acceptors (Lipinski definition) is 4. The van der Waals surface area contributed by atoms with Crippen molar-refractivity contribution in [1.29, 1.82) is 0 Å². The van der Waals surface area contributed by atoms with E-state index in [0.717, 1.165) is 15.6 Å². The molecule has 6 heteroatoms. The fourth-order valence-corrected chi connectivity index (χ4v) is 2.29. The standard InChI is InChI=1S/C14H12BrN5/c15-13-7-2-1-4-11(13)9-20-18-14(17-19-20)10-5-3-6-12(16)8-10/h1-8H,9,16H2. The van der Waals surface area contributed by atoms with Gasteiger partial charge in [-0.3, -0.25) is 0 Å². The molecule has 5 nitrogen and oxygen atoms in total. The van der Waals surface area contributed by atoms with Gasteiger partial charge in [0.25, 0.3) is 0 Å². The van der Waals surface area contributed by atoms with Crippen molar-refractivity contribution in [2.45, 2.75) is 6.54 Å². The molecule has 0 fully saturated rings. The van der Waals surface area contributed by atoms with Crippen LogP contribution in [-0.4, -0.2) is 20.2 Å². The Morgan fingerprint density at radius 3 is 2.75 bits per heavy atom. The Hall–Kier alpha value is -2.21. The summed E-state index contributed by atoms with van der Waals surface area (Å²) in [6.07, 6.45) is 0. The van der Waals surface area contributed by atoms with Gasteiger partial charge in [-0.2, -0.15) is 4.80 Å². The van der Waals surface area contributed by atoms with Gasteiger partial charge in [0.05, 0.1) is 6.54 Å². The lowest BCUT2D eigenvalue weighted by Crippen LogP contribution is -2.04. The van der Waals surface area contributed by atoms with Crippen LogP contribution in [0.3, 0.4) is 0 Å². The molecule has 0 saturated carbocycles. The highest BCUT2D eigenvalue weighted by molar-refractivity contribution is 9.10. The molecule has 2 aromatic carbocycles. The van der Waals surface area contributed by atoms with Crippen molar-refractivity contribution in [3.8, 4) is 11.4 Å². The van der Waals surface area contributed by atoms with Crippen molar-refractivity contribution >= 4 is 21.6 Å². The van der Waals surface area contributed by atoms with Crippen LogP contribution in [0.1, 0.15) is 5.56 Å². The molecule has 2 N–H and O–H groups in total. The molecule has 0 amide bonds. The summed E-state index contributed by atoms with van der Waals surface area (Å²) in [4.78, 5) is 1.57. The third-order valence-corrected chi connectivity index (χ3v) is 3.64. The van der Waals surface area contributed by atoms with Crippen molar-refractivity contribution in [2.24, 2.45) is 0 Å². The Kier molecular flexibility index (Phi) is 3.47. The average Bonchev–Trinajstić information content (AvgIpc) is 2.90. The van der Waals surface area contributed by atoms with Crippen molar-refractivity contribution < 1.29 is 0 Å². The molecule has 0 unspecified atom stereocenters. The van der Waals surface area contributed by atoms with E-state index in [4.69, 9.17) is 5.73 Å². The van der Waals surface area contributed by atoms with Gasteiger partial charge in [-0.05, 0) is 29.0 Å². The van der Waals surface area contributed by atoms with Crippen LogP contribution in [-0.2, 0) is 6.54 Å². The number of hydrogen-bond donors (Lipinski definition) is 1. The zero-order valence-electron chi connectivity index (χ0n) is 10.6. The molecule has 20 heavy (non-hydrogen) atoms. The largest absolute Gasteiger partial charge is 0.399 e. The summed E-state index contributed by atoms with van der Waals surface area (Å²) in [5.74, 6) is 0.573. The van der Waals surface area contributed by atoms with Gasteiger partial charge in [0.15, 0.2) is 0 Å². The maximum absolute atomic E-state index is 5.76. The summed E-state index contributed by atoms with van der Waals surface area (Å²) in [6.45, 7) is 0.566. The Morgan fingerprint density at radius 2 is 1.95 bits per heavy atom. The lowest BCUT2D eigenvalue weighted by molar-refractivity contribution is 0.571. The zero-order chi connectivity index (χ0) is 13.9. The smallest absolute Gasteiger partial charge is 0.205 e. The van der Waals surface area contributed by atoms with Gasteiger partial charge in [0.2, 0.25) is 5.82 Å². The summed E-state index contributed by atoms with van der Waals surface area (Å²) >= 11 is 3.51. The molecule has 1 heterocycles. The van der Waals surface area contributed by atoms with Gasteiger partial charge in [-0.1, -0.05) is 46.3 Å². The van der Waals surface area contributed by atoms with Crippen molar-refractivity contribution in [3.05, 3.63) is 58.6 Å². The lowest BCUT2D eigenvalue weighted by atomic mass is 10.2. The fourth-order valence-electron chi connectivity index (χ4n) is 1.88. The molecule has 0 saturated heterocycles. The minimum Gasteiger partial charge on any atom is -0.399 e. The van der Waals surface area contributed by atoms with E-state index in [0.29, 0.717) is 18.1 Å². The lowest BCUT2D eigenvalue weighted by Gasteiger charge is -2.02. The third-order valence-electron chi connectivity index (χ3n) is 2.87. The molecule has 3 rings (SSSR count). The summed E-state index contributed by atoms with van der Waals surface area (Å²) in [7, 11) is 0. The molecule has 3 aromatic rings. The third kappa shape index (κ3) is 2.70. The average molecular weight is 330 g/mol. The quantitative estimate of drug-likeness (QED) is 0.750. The van der Waals surface area contributed by atoms with Crippen LogP contribution in [0.2, 0.25) is 0 Å². The van der Waals surface area contributed by atoms with E-state index in [1.54, 1.807) is 4.80 Å². The first-order chi connectivity index (χ1) is 9.72. The molecule has 100 valence electrons. The normalized spacial score (nSPS) is 10.7. The van der Waals surface area contributed by atoms with Gasteiger partial charge in [-0.25, -0.2) is 0 Å².